The van der Waals surface area contributed by atoms with Gasteiger partial charge < -0.3 is 5.11 Å². The molecule has 3 heteroatoms. The lowest BCUT2D eigenvalue weighted by atomic mass is 10.1. The minimum absolute atomic E-state index is 0.170. The molecule has 3 aromatic rings. The third kappa shape index (κ3) is 6.15. The smallest absolute Gasteiger partial charge is 0.162 e. The molecule has 1 atom stereocenters. The van der Waals surface area contributed by atoms with Crippen molar-refractivity contribution in [2.24, 2.45) is 0 Å². The van der Waals surface area contributed by atoms with Gasteiger partial charge in [0, 0.05) is 25.1 Å². The van der Waals surface area contributed by atoms with Crippen LogP contribution in [-0.4, -0.2) is 28.9 Å². The fourth-order valence-corrected chi connectivity index (χ4v) is 3.33. The van der Waals surface area contributed by atoms with Gasteiger partial charge in [0.25, 0.3) is 0 Å². The van der Waals surface area contributed by atoms with E-state index in [2.05, 4.69) is 17.0 Å². The number of hydrogen-bond donors (Lipinski definition) is 1. The largest absolute Gasteiger partial charge is 0.387 e. The zero-order valence-corrected chi connectivity index (χ0v) is 16.1. The summed E-state index contributed by atoms with van der Waals surface area (Å²) in [6.07, 6.45) is 0.730. The second-order valence-corrected chi connectivity index (χ2v) is 7.04. The van der Waals surface area contributed by atoms with Crippen molar-refractivity contribution >= 4 is 5.78 Å². The number of hydrogen-bond acceptors (Lipinski definition) is 3. The average Bonchev–Trinajstić information content (AvgIpc) is 2.75. The van der Waals surface area contributed by atoms with Gasteiger partial charge in [-0.05, 0) is 24.1 Å². The highest BCUT2D eigenvalue weighted by atomic mass is 16.3. The molecule has 3 rings (SSSR count). The van der Waals surface area contributed by atoms with Gasteiger partial charge in [-0.25, -0.2) is 0 Å². The standard InChI is InChI=1S/C25H27NO2/c27-24(22-13-6-2-7-14-22)17-10-18-26(19-21-11-4-1-5-12-21)20-25(28)23-15-8-3-9-16-23/h1-9,11-16,25,28H,10,17-20H2. The van der Waals surface area contributed by atoms with E-state index in [1.807, 2.05) is 78.9 Å². The van der Waals surface area contributed by atoms with Crippen LogP contribution in [0, 0.1) is 0 Å². The summed E-state index contributed by atoms with van der Waals surface area (Å²) < 4.78 is 0. The molecule has 28 heavy (non-hydrogen) atoms. The lowest BCUT2D eigenvalue weighted by Gasteiger charge is -2.25. The molecular weight excluding hydrogens is 346 g/mol. The van der Waals surface area contributed by atoms with E-state index in [4.69, 9.17) is 0 Å². The second-order valence-electron chi connectivity index (χ2n) is 7.04. The van der Waals surface area contributed by atoms with Crippen molar-refractivity contribution in [2.75, 3.05) is 13.1 Å². The van der Waals surface area contributed by atoms with Crippen LogP contribution in [0.5, 0.6) is 0 Å². The quantitative estimate of drug-likeness (QED) is 0.515. The highest BCUT2D eigenvalue weighted by Gasteiger charge is 2.15. The molecule has 0 heterocycles. The van der Waals surface area contributed by atoms with E-state index in [0.29, 0.717) is 13.0 Å². The molecule has 3 aromatic carbocycles. The summed E-state index contributed by atoms with van der Waals surface area (Å²) in [5.41, 5.74) is 2.89. The highest BCUT2D eigenvalue weighted by molar-refractivity contribution is 5.95. The second kappa shape index (κ2) is 10.5. The normalized spacial score (nSPS) is 12.1. The molecule has 0 aliphatic carbocycles. The molecule has 0 aromatic heterocycles. The average molecular weight is 373 g/mol. The first-order valence-electron chi connectivity index (χ1n) is 9.80. The van der Waals surface area contributed by atoms with Gasteiger partial charge in [0.05, 0.1) is 6.10 Å². The van der Waals surface area contributed by atoms with Crippen LogP contribution in [0.3, 0.4) is 0 Å². The van der Waals surface area contributed by atoms with Gasteiger partial charge >= 0.3 is 0 Å². The fourth-order valence-electron chi connectivity index (χ4n) is 3.33. The minimum atomic E-state index is -0.547. The molecule has 0 fully saturated rings. The lowest BCUT2D eigenvalue weighted by molar-refractivity contribution is 0.0947. The van der Waals surface area contributed by atoms with Crippen molar-refractivity contribution in [3.05, 3.63) is 108 Å². The predicted molar refractivity (Wildman–Crippen MR) is 113 cm³/mol. The van der Waals surface area contributed by atoms with Gasteiger partial charge in [0.15, 0.2) is 5.78 Å². The van der Waals surface area contributed by atoms with E-state index < -0.39 is 6.10 Å². The van der Waals surface area contributed by atoms with Gasteiger partial charge in [0.1, 0.15) is 0 Å². The Morgan fingerprint density at radius 2 is 1.39 bits per heavy atom. The van der Waals surface area contributed by atoms with E-state index in [1.165, 1.54) is 5.56 Å². The maximum absolute atomic E-state index is 12.4. The number of aliphatic hydroxyl groups is 1. The van der Waals surface area contributed by atoms with Crippen LogP contribution < -0.4 is 0 Å². The molecule has 3 nitrogen and oxygen atoms in total. The number of carbonyl (C=O) groups is 1. The van der Waals surface area contributed by atoms with Gasteiger partial charge in [0.2, 0.25) is 0 Å². The molecule has 1 N–H and O–H groups in total. The van der Waals surface area contributed by atoms with Crippen LogP contribution in [0.2, 0.25) is 0 Å². The monoisotopic (exact) mass is 373 g/mol. The number of ketones is 1. The molecule has 0 amide bonds. The first-order valence-corrected chi connectivity index (χ1v) is 9.80. The lowest BCUT2D eigenvalue weighted by Crippen LogP contribution is -2.29. The van der Waals surface area contributed by atoms with Crippen LogP contribution in [0.4, 0.5) is 0 Å². The molecule has 0 aliphatic rings. The van der Waals surface area contributed by atoms with Crippen LogP contribution in [0.1, 0.15) is 40.4 Å². The SMILES string of the molecule is O=C(CCCN(Cc1ccccc1)CC(O)c1ccccc1)c1ccccc1. The molecule has 0 spiro atoms. The van der Waals surface area contributed by atoms with Crippen molar-refractivity contribution < 1.29 is 9.90 Å². The third-order valence-corrected chi connectivity index (χ3v) is 4.84. The van der Waals surface area contributed by atoms with Crippen molar-refractivity contribution in [1.82, 2.24) is 4.90 Å². The summed E-state index contributed by atoms with van der Waals surface area (Å²) in [6.45, 7) is 2.06. The topological polar surface area (TPSA) is 40.5 Å². The van der Waals surface area contributed by atoms with E-state index >= 15 is 0 Å². The minimum Gasteiger partial charge on any atom is -0.387 e. The third-order valence-electron chi connectivity index (χ3n) is 4.84. The number of Topliss-reactive ketones (excluding diaryl/α,β-unsaturated/α-hetero) is 1. The Hall–Kier alpha value is -2.75. The van der Waals surface area contributed by atoms with Gasteiger partial charge in [-0.15, -0.1) is 0 Å². The Morgan fingerprint density at radius 1 is 0.821 bits per heavy atom. The summed E-state index contributed by atoms with van der Waals surface area (Å²) in [7, 11) is 0. The molecular formula is C25H27NO2. The van der Waals surface area contributed by atoms with E-state index in [1.54, 1.807) is 0 Å². The van der Waals surface area contributed by atoms with Gasteiger partial charge in [-0.1, -0.05) is 91.0 Å². The van der Waals surface area contributed by atoms with E-state index in [-0.39, 0.29) is 5.78 Å². The molecule has 0 bridgehead atoms. The maximum atomic E-state index is 12.4. The Bertz CT molecular complexity index is 834. The Morgan fingerprint density at radius 3 is 2.04 bits per heavy atom. The van der Waals surface area contributed by atoms with Crippen LogP contribution >= 0.6 is 0 Å². The summed E-state index contributed by atoms with van der Waals surface area (Å²) in [5, 5.41) is 10.6. The number of benzene rings is 3. The summed E-state index contributed by atoms with van der Waals surface area (Å²) >= 11 is 0. The Labute approximate surface area is 167 Å². The molecule has 0 saturated heterocycles. The van der Waals surface area contributed by atoms with E-state index in [0.717, 1.165) is 30.6 Å². The zero-order chi connectivity index (χ0) is 19.6. The van der Waals surface area contributed by atoms with Crippen molar-refractivity contribution in [3.8, 4) is 0 Å². The number of nitrogens with zero attached hydrogens (tertiary/aromatic N) is 1. The number of aliphatic hydroxyl groups excluding tert-OH is 1. The zero-order valence-electron chi connectivity index (χ0n) is 16.1. The maximum Gasteiger partial charge on any atom is 0.162 e. The number of rotatable bonds is 10. The van der Waals surface area contributed by atoms with E-state index in [9.17, 15) is 9.90 Å². The number of carbonyl (C=O) groups excluding carboxylic acids is 1. The van der Waals surface area contributed by atoms with Crippen LogP contribution in [0.25, 0.3) is 0 Å². The molecule has 0 aliphatic heterocycles. The van der Waals surface area contributed by atoms with Crippen LogP contribution in [-0.2, 0) is 6.54 Å². The molecule has 0 saturated carbocycles. The van der Waals surface area contributed by atoms with Crippen molar-refractivity contribution in [1.29, 1.82) is 0 Å². The first kappa shape index (κ1) is 20.0. The van der Waals surface area contributed by atoms with Gasteiger partial charge in [-0.3, -0.25) is 9.69 Å². The molecule has 144 valence electrons. The summed E-state index contributed by atoms with van der Waals surface area (Å²) in [4.78, 5) is 14.6. The summed E-state index contributed by atoms with van der Waals surface area (Å²) in [5.74, 6) is 0.170. The molecule has 0 radical (unpaired) electrons. The molecule has 1 unspecified atom stereocenters. The Balaban J connectivity index is 1.60. The Kier molecular flexibility index (Phi) is 7.53. The van der Waals surface area contributed by atoms with Gasteiger partial charge in [-0.2, -0.15) is 0 Å². The predicted octanol–water partition coefficient (Wildman–Crippen LogP) is 4.89. The van der Waals surface area contributed by atoms with Crippen molar-refractivity contribution in [3.63, 3.8) is 0 Å². The highest BCUT2D eigenvalue weighted by Crippen LogP contribution is 2.16. The fraction of sp³-hybridized carbons (Fsp3) is 0.240. The first-order chi connectivity index (χ1) is 13.7. The summed E-state index contributed by atoms with van der Waals surface area (Å²) in [6, 6.07) is 29.4. The van der Waals surface area contributed by atoms with Crippen LogP contribution in [0.15, 0.2) is 91.0 Å². The van der Waals surface area contributed by atoms with Crippen molar-refractivity contribution in [2.45, 2.75) is 25.5 Å².